The van der Waals surface area contributed by atoms with E-state index < -0.39 is 0 Å². The molecule has 5 rings (SSSR count). The molecule has 33 heavy (non-hydrogen) atoms. The second kappa shape index (κ2) is 9.57. The highest BCUT2D eigenvalue weighted by Gasteiger charge is 2.24. The molecular formula is C27H34N4O2. The Bertz CT molecular complexity index is 1070. The highest BCUT2D eigenvalue weighted by molar-refractivity contribution is 5.92. The molecule has 174 valence electrons. The van der Waals surface area contributed by atoms with E-state index in [0.717, 1.165) is 44.7 Å². The second-order valence-corrected chi connectivity index (χ2v) is 9.60. The number of rotatable bonds is 5. The molecule has 2 N–H and O–H groups in total. The quantitative estimate of drug-likeness (QED) is 0.601. The van der Waals surface area contributed by atoms with E-state index in [0.29, 0.717) is 12.5 Å². The van der Waals surface area contributed by atoms with Gasteiger partial charge in [-0.05, 0) is 81.6 Å². The fourth-order valence-corrected chi connectivity index (χ4v) is 5.38. The van der Waals surface area contributed by atoms with Gasteiger partial charge >= 0.3 is 0 Å². The molecule has 2 atom stereocenters. The Kier molecular flexibility index (Phi) is 6.38. The maximum atomic E-state index is 12.7. The number of amides is 1. The Balaban J connectivity index is 1.11. The van der Waals surface area contributed by atoms with Gasteiger partial charge in [-0.15, -0.1) is 0 Å². The second-order valence-electron chi connectivity index (χ2n) is 9.60. The number of likely N-dealkylation sites (tertiary alicyclic amines) is 1. The van der Waals surface area contributed by atoms with Gasteiger partial charge in [0, 0.05) is 41.6 Å². The molecule has 6 nitrogen and oxygen atoms in total. The molecule has 0 radical (unpaired) electrons. The number of benzene rings is 2. The van der Waals surface area contributed by atoms with Crippen LogP contribution in [-0.2, 0) is 9.53 Å². The zero-order chi connectivity index (χ0) is 22.8. The number of morpholine rings is 1. The number of hydrogen-bond donors (Lipinski definition) is 2. The van der Waals surface area contributed by atoms with Gasteiger partial charge in [0.1, 0.15) is 0 Å². The van der Waals surface area contributed by atoms with Crippen molar-refractivity contribution in [3.63, 3.8) is 0 Å². The normalized spacial score (nSPS) is 22.5. The summed E-state index contributed by atoms with van der Waals surface area (Å²) < 4.78 is 5.83. The molecular weight excluding hydrogens is 412 g/mol. The molecule has 2 saturated heterocycles. The average Bonchev–Trinajstić information content (AvgIpc) is 3.24. The lowest BCUT2D eigenvalue weighted by Gasteiger charge is -2.36. The minimum atomic E-state index is 0.0573. The minimum absolute atomic E-state index is 0.0573. The van der Waals surface area contributed by atoms with E-state index in [-0.39, 0.29) is 18.1 Å². The van der Waals surface area contributed by atoms with Gasteiger partial charge < -0.3 is 19.9 Å². The highest BCUT2D eigenvalue weighted by atomic mass is 16.5. The highest BCUT2D eigenvalue weighted by Crippen LogP contribution is 2.33. The van der Waals surface area contributed by atoms with Crippen molar-refractivity contribution in [2.45, 2.75) is 44.8 Å². The summed E-state index contributed by atoms with van der Waals surface area (Å²) in [4.78, 5) is 20.7. The van der Waals surface area contributed by atoms with Crippen LogP contribution in [0.5, 0.6) is 0 Å². The number of nitrogens with zero attached hydrogens (tertiary/aromatic N) is 2. The van der Waals surface area contributed by atoms with Crippen LogP contribution >= 0.6 is 0 Å². The van der Waals surface area contributed by atoms with Crippen molar-refractivity contribution < 1.29 is 9.53 Å². The van der Waals surface area contributed by atoms with Crippen LogP contribution in [0.25, 0.3) is 10.9 Å². The van der Waals surface area contributed by atoms with Crippen LogP contribution in [0.15, 0.2) is 54.7 Å². The van der Waals surface area contributed by atoms with Crippen molar-refractivity contribution in [3.8, 4) is 0 Å². The van der Waals surface area contributed by atoms with Gasteiger partial charge in [0.25, 0.3) is 0 Å². The lowest BCUT2D eigenvalue weighted by molar-refractivity contribution is -0.117. The summed E-state index contributed by atoms with van der Waals surface area (Å²) in [5.41, 5.74) is 4.65. The number of piperidine rings is 1. The molecule has 1 amide bonds. The third kappa shape index (κ3) is 5.07. The van der Waals surface area contributed by atoms with Crippen LogP contribution in [0, 0.1) is 0 Å². The van der Waals surface area contributed by atoms with Gasteiger partial charge in [0.15, 0.2) is 0 Å². The van der Waals surface area contributed by atoms with E-state index in [2.05, 4.69) is 76.5 Å². The number of carbonyl (C=O) groups is 1. The maximum Gasteiger partial charge on any atom is 0.238 e. The first kappa shape index (κ1) is 22.0. The van der Waals surface area contributed by atoms with Crippen molar-refractivity contribution in [2.75, 3.05) is 42.9 Å². The van der Waals surface area contributed by atoms with E-state index in [1.807, 2.05) is 12.1 Å². The third-order valence-electron chi connectivity index (χ3n) is 6.95. The zero-order valence-corrected chi connectivity index (χ0v) is 19.6. The fourth-order valence-electron chi connectivity index (χ4n) is 5.38. The molecule has 6 heteroatoms. The largest absolute Gasteiger partial charge is 0.372 e. The van der Waals surface area contributed by atoms with Gasteiger partial charge in [-0.1, -0.05) is 18.2 Å². The topological polar surface area (TPSA) is 60.6 Å². The van der Waals surface area contributed by atoms with Gasteiger partial charge in [-0.25, -0.2) is 0 Å². The van der Waals surface area contributed by atoms with E-state index in [4.69, 9.17) is 4.74 Å². The minimum Gasteiger partial charge on any atom is -0.372 e. The van der Waals surface area contributed by atoms with E-state index in [9.17, 15) is 4.79 Å². The first-order valence-corrected chi connectivity index (χ1v) is 12.1. The molecule has 0 saturated carbocycles. The summed E-state index contributed by atoms with van der Waals surface area (Å²) in [5, 5.41) is 4.40. The molecule has 3 aromatic rings. The third-order valence-corrected chi connectivity index (χ3v) is 6.95. The molecule has 2 aromatic carbocycles. The molecule has 2 aliphatic heterocycles. The number of H-pyrrole nitrogens is 1. The summed E-state index contributed by atoms with van der Waals surface area (Å²) in [6.45, 7) is 8.35. The number of aromatic nitrogens is 1. The number of hydrogen-bond acceptors (Lipinski definition) is 4. The van der Waals surface area contributed by atoms with Crippen LogP contribution in [0.3, 0.4) is 0 Å². The van der Waals surface area contributed by atoms with Crippen molar-refractivity contribution in [1.82, 2.24) is 9.88 Å². The Labute approximate surface area is 195 Å². The Morgan fingerprint density at radius 3 is 2.45 bits per heavy atom. The first-order valence-electron chi connectivity index (χ1n) is 12.1. The van der Waals surface area contributed by atoms with Crippen LogP contribution < -0.4 is 10.2 Å². The van der Waals surface area contributed by atoms with Crippen molar-refractivity contribution in [1.29, 1.82) is 0 Å². The Morgan fingerprint density at radius 2 is 1.73 bits per heavy atom. The van der Waals surface area contributed by atoms with Crippen LogP contribution in [0.1, 0.15) is 38.2 Å². The van der Waals surface area contributed by atoms with E-state index in [1.165, 1.54) is 22.2 Å². The van der Waals surface area contributed by atoms with Crippen molar-refractivity contribution in [2.24, 2.45) is 0 Å². The molecule has 0 aliphatic carbocycles. The molecule has 1 aromatic heterocycles. The van der Waals surface area contributed by atoms with Gasteiger partial charge in [0.05, 0.1) is 18.8 Å². The van der Waals surface area contributed by atoms with Crippen LogP contribution in [-0.4, -0.2) is 60.7 Å². The fraction of sp³-hybridized carbons (Fsp3) is 0.444. The monoisotopic (exact) mass is 446 g/mol. The predicted molar refractivity (Wildman–Crippen MR) is 134 cm³/mol. The first-order chi connectivity index (χ1) is 16.0. The number of aromatic amines is 1. The predicted octanol–water partition coefficient (Wildman–Crippen LogP) is 4.60. The lowest BCUT2D eigenvalue weighted by atomic mass is 9.89. The summed E-state index contributed by atoms with van der Waals surface area (Å²) in [5.74, 6) is 0.612. The number of carbonyl (C=O) groups excluding carboxylic acids is 1. The summed E-state index contributed by atoms with van der Waals surface area (Å²) >= 11 is 0. The van der Waals surface area contributed by atoms with Gasteiger partial charge in [-0.3, -0.25) is 9.69 Å². The van der Waals surface area contributed by atoms with E-state index in [1.54, 1.807) is 0 Å². The number of ether oxygens (including phenoxy) is 1. The van der Waals surface area contributed by atoms with Crippen molar-refractivity contribution in [3.05, 3.63) is 60.3 Å². The molecule has 3 heterocycles. The molecule has 0 bridgehead atoms. The Hall–Kier alpha value is -2.83. The molecule has 2 unspecified atom stereocenters. The molecule has 2 fully saturated rings. The SMILES string of the molecule is CC1CN(c2ccc(NC(=O)CN3CCC(c4c[nH]c5ccccc45)CC3)cc2)CC(C)O1. The number of nitrogens with one attached hydrogen (secondary N) is 2. The van der Waals surface area contributed by atoms with Crippen LogP contribution in [0.4, 0.5) is 11.4 Å². The summed E-state index contributed by atoms with van der Waals surface area (Å²) in [6.07, 6.45) is 4.79. The standard InChI is InChI=1S/C27H34N4O2/c1-19-16-31(17-20(2)33-19)23-9-7-22(8-10-23)29-27(32)18-30-13-11-21(12-14-30)25-15-28-26-6-4-3-5-24(25)26/h3-10,15,19-21,28H,11-14,16-18H2,1-2H3,(H,29,32). The van der Waals surface area contributed by atoms with Gasteiger partial charge in [-0.2, -0.15) is 0 Å². The van der Waals surface area contributed by atoms with E-state index >= 15 is 0 Å². The van der Waals surface area contributed by atoms with Gasteiger partial charge in [0.2, 0.25) is 5.91 Å². The Morgan fingerprint density at radius 1 is 1.03 bits per heavy atom. The lowest BCUT2D eigenvalue weighted by Crippen LogP contribution is -2.45. The smallest absolute Gasteiger partial charge is 0.238 e. The average molecular weight is 447 g/mol. The number of anilines is 2. The molecule has 0 spiro atoms. The number of para-hydroxylation sites is 1. The molecule has 2 aliphatic rings. The summed E-state index contributed by atoms with van der Waals surface area (Å²) in [6, 6.07) is 16.7. The number of fused-ring (bicyclic) bond motifs is 1. The van der Waals surface area contributed by atoms with Crippen LogP contribution in [0.2, 0.25) is 0 Å². The maximum absolute atomic E-state index is 12.7. The summed E-state index contributed by atoms with van der Waals surface area (Å²) in [7, 11) is 0. The van der Waals surface area contributed by atoms with Crippen molar-refractivity contribution >= 4 is 28.2 Å². The zero-order valence-electron chi connectivity index (χ0n) is 19.6.